The van der Waals surface area contributed by atoms with Gasteiger partial charge in [-0.2, -0.15) is 5.10 Å². The molecule has 0 radical (unpaired) electrons. The van der Waals surface area contributed by atoms with Crippen molar-refractivity contribution in [1.29, 1.82) is 0 Å². The fourth-order valence-corrected chi connectivity index (χ4v) is 2.95. The number of hydrogen-bond acceptors (Lipinski definition) is 5. The maximum Gasteiger partial charge on any atom is 0.333 e. The number of aryl methyl sites for hydroxylation is 2. The summed E-state index contributed by atoms with van der Waals surface area (Å²) in [4.78, 5) is 12.7. The Morgan fingerprint density at radius 1 is 1.53 bits per heavy atom. The first-order chi connectivity index (χ1) is 8.96. The third-order valence-electron chi connectivity index (χ3n) is 4.12. The fraction of sp³-hybridized carbons (Fsp3) is 0.750. The summed E-state index contributed by atoms with van der Waals surface area (Å²) in [6.45, 7) is 5.10. The van der Waals surface area contributed by atoms with Crippen LogP contribution in [0.5, 0.6) is 0 Å². The average Bonchev–Trinajstić information content (AvgIpc) is 3.09. The highest BCUT2D eigenvalue weighted by molar-refractivity contribution is 5.63. The summed E-state index contributed by atoms with van der Waals surface area (Å²) < 4.78 is 1.65. The summed E-state index contributed by atoms with van der Waals surface area (Å²) in [5.41, 5.74) is -0.145. The maximum atomic E-state index is 11.2. The molecule has 0 atom stereocenters. The van der Waals surface area contributed by atoms with Crippen molar-refractivity contribution in [2.45, 2.75) is 38.8 Å². The predicted molar refractivity (Wildman–Crippen MR) is 69.2 cm³/mol. The lowest BCUT2D eigenvalue weighted by molar-refractivity contribution is -0.384. The molecule has 19 heavy (non-hydrogen) atoms. The Kier molecular flexibility index (Phi) is 2.57. The van der Waals surface area contributed by atoms with Crippen LogP contribution in [0.15, 0.2) is 0 Å². The lowest BCUT2D eigenvalue weighted by atomic mass is 9.88. The summed E-state index contributed by atoms with van der Waals surface area (Å²) in [6.07, 6.45) is 2.14. The van der Waals surface area contributed by atoms with E-state index >= 15 is 0 Å². The third kappa shape index (κ3) is 1.80. The number of anilines is 1. The molecule has 1 aromatic rings. The lowest BCUT2D eigenvalue weighted by Gasteiger charge is -2.47. The van der Waals surface area contributed by atoms with E-state index in [0.29, 0.717) is 37.1 Å². The van der Waals surface area contributed by atoms with Gasteiger partial charge < -0.3 is 10.0 Å². The van der Waals surface area contributed by atoms with Crippen LogP contribution in [-0.2, 0) is 6.54 Å². The molecule has 2 fully saturated rings. The molecule has 0 unspecified atom stereocenters. The molecular weight excluding hydrogens is 248 g/mol. The minimum Gasteiger partial charge on any atom is -0.386 e. The van der Waals surface area contributed by atoms with Gasteiger partial charge >= 0.3 is 5.69 Å². The molecule has 1 saturated carbocycles. The van der Waals surface area contributed by atoms with Crippen LogP contribution in [0.4, 0.5) is 11.5 Å². The zero-order chi connectivity index (χ0) is 13.8. The minimum absolute atomic E-state index is 0.0692. The second-order valence-electron chi connectivity index (χ2n) is 5.56. The molecule has 0 bridgehead atoms. The van der Waals surface area contributed by atoms with E-state index in [1.54, 1.807) is 11.6 Å². The van der Waals surface area contributed by atoms with Crippen molar-refractivity contribution < 1.29 is 10.0 Å². The molecular formula is C12H18N4O3. The summed E-state index contributed by atoms with van der Waals surface area (Å²) in [7, 11) is 0. The van der Waals surface area contributed by atoms with E-state index in [4.69, 9.17) is 0 Å². The Balaban J connectivity index is 1.90. The van der Waals surface area contributed by atoms with Crippen LogP contribution in [0.2, 0.25) is 0 Å². The van der Waals surface area contributed by atoms with E-state index in [1.165, 1.54) is 0 Å². The molecule has 7 nitrogen and oxygen atoms in total. The molecule has 0 amide bonds. The number of aromatic nitrogens is 2. The Labute approximate surface area is 111 Å². The lowest BCUT2D eigenvalue weighted by Crippen LogP contribution is -2.64. The Bertz CT molecular complexity index is 529. The number of nitro groups is 1. The van der Waals surface area contributed by atoms with Gasteiger partial charge in [0.25, 0.3) is 0 Å². The van der Waals surface area contributed by atoms with E-state index in [1.807, 2.05) is 11.8 Å². The first-order valence-electron chi connectivity index (χ1n) is 6.65. The summed E-state index contributed by atoms with van der Waals surface area (Å²) in [6, 6.07) is 0. The zero-order valence-corrected chi connectivity index (χ0v) is 11.2. The summed E-state index contributed by atoms with van der Waals surface area (Å²) in [5.74, 6) is 0.914. The Morgan fingerprint density at radius 2 is 2.16 bits per heavy atom. The van der Waals surface area contributed by atoms with Gasteiger partial charge in [-0.05, 0) is 32.6 Å². The van der Waals surface area contributed by atoms with Gasteiger partial charge in [-0.15, -0.1) is 0 Å². The average molecular weight is 266 g/mol. The monoisotopic (exact) mass is 266 g/mol. The van der Waals surface area contributed by atoms with E-state index in [2.05, 4.69) is 5.10 Å². The molecule has 1 aromatic heterocycles. The number of hydrogen-bond donors (Lipinski definition) is 1. The summed E-state index contributed by atoms with van der Waals surface area (Å²) in [5, 5.41) is 25.7. The molecule has 0 aromatic carbocycles. The highest BCUT2D eigenvalue weighted by atomic mass is 16.6. The largest absolute Gasteiger partial charge is 0.386 e. The molecule has 0 spiro atoms. The van der Waals surface area contributed by atoms with Gasteiger partial charge in [0.2, 0.25) is 5.82 Å². The van der Waals surface area contributed by atoms with E-state index < -0.39 is 5.60 Å². The van der Waals surface area contributed by atoms with Gasteiger partial charge in [0.1, 0.15) is 11.3 Å². The van der Waals surface area contributed by atoms with Crippen LogP contribution in [0, 0.1) is 23.0 Å². The van der Waals surface area contributed by atoms with Crippen molar-refractivity contribution in [1.82, 2.24) is 9.78 Å². The zero-order valence-electron chi connectivity index (χ0n) is 11.2. The van der Waals surface area contributed by atoms with Crippen LogP contribution in [-0.4, -0.2) is 38.5 Å². The first kappa shape index (κ1) is 12.4. The van der Waals surface area contributed by atoms with Gasteiger partial charge in [0, 0.05) is 6.54 Å². The maximum absolute atomic E-state index is 11.2. The number of β-amino-alcohol motifs (C(OH)–C–C–N with tert-alkyl or cyclic N) is 1. The minimum atomic E-state index is -0.648. The van der Waals surface area contributed by atoms with Crippen LogP contribution < -0.4 is 4.90 Å². The smallest absolute Gasteiger partial charge is 0.333 e. The normalized spacial score (nSPS) is 21.3. The second kappa shape index (κ2) is 3.93. The van der Waals surface area contributed by atoms with Gasteiger partial charge in [-0.25, -0.2) is 4.68 Å². The van der Waals surface area contributed by atoms with Crippen molar-refractivity contribution in [3.63, 3.8) is 0 Å². The van der Waals surface area contributed by atoms with E-state index in [-0.39, 0.29) is 10.6 Å². The van der Waals surface area contributed by atoms with Gasteiger partial charge in [-0.1, -0.05) is 0 Å². The molecule has 7 heteroatoms. The molecule has 3 rings (SSSR count). The van der Waals surface area contributed by atoms with Crippen LogP contribution in [0.3, 0.4) is 0 Å². The topological polar surface area (TPSA) is 84.4 Å². The molecule has 1 aliphatic carbocycles. The number of rotatable bonds is 4. The molecule has 104 valence electrons. The fourth-order valence-electron chi connectivity index (χ4n) is 2.95. The van der Waals surface area contributed by atoms with Crippen LogP contribution >= 0.6 is 0 Å². The van der Waals surface area contributed by atoms with Crippen molar-refractivity contribution >= 4 is 11.5 Å². The third-order valence-corrected chi connectivity index (χ3v) is 4.12. The van der Waals surface area contributed by atoms with Crippen molar-refractivity contribution in [3.05, 3.63) is 15.8 Å². The quantitative estimate of drug-likeness (QED) is 0.651. The highest BCUT2D eigenvalue weighted by Gasteiger charge is 2.53. The SMILES string of the molecule is CCn1nc(C)c([N+](=O)[O-])c1N1CC(O)(C2CC2)C1. The standard InChI is InChI=1S/C12H18N4O3/c1-3-15-11(10(16(18)19)8(2)13-15)14-6-12(17,7-14)9-4-5-9/h9,17H,3-7H2,1-2H3. The molecule has 1 saturated heterocycles. The number of nitrogens with zero attached hydrogens (tertiary/aromatic N) is 4. The molecule has 2 heterocycles. The Hall–Kier alpha value is -1.63. The van der Waals surface area contributed by atoms with Crippen molar-refractivity contribution in [2.75, 3.05) is 18.0 Å². The van der Waals surface area contributed by atoms with Crippen molar-refractivity contribution in [2.24, 2.45) is 5.92 Å². The first-order valence-corrected chi connectivity index (χ1v) is 6.65. The van der Waals surface area contributed by atoms with Crippen LogP contribution in [0.25, 0.3) is 0 Å². The summed E-state index contributed by atoms with van der Waals surface area (Å²) >= 11 is 0. The van der Waals surface area contributed by atoms with E-state index in [9.17, 15) is 15.2 Å². The number of aliphatic hydroxyl groups is 1. The van der Waals surface area contributed by atoms with Gasteiger partial charge in [0.15, 0.2) is 0 Å². The van der Waals surface area contributed by atoms with Crippen LogP contribution in [0.1, 0.15) is 25.5 Å². The van der Waals surface area contributed by atoms with Gasteiger partial charge in [0.05, 0.1) is 18.0 Å². The molecule has 2 aliphatic rings. The molecule has 1 N–H and O–H groups in total. The second-order valence-corrected chi connectivity index (χ2v) is 5.56. The molecule has 1 aliphatic heterocycles. The Morgan fingerprint density at radius 3 is 2.63 bits per heavy atom. The predicted octanol–water partition coefficient (Wildman–Crippen LogP) is 1.08. The van der Waals surface area contributed by atoms with Gasteiger partial charge in [-0.3, -0.25) is 10.1 Å². The van der Waals surface area contributed by atoms with E-state index in [0.717, 1.165) is 12.8 Å². The van der Waals surface area contributed by atoms with Crippen molar-refractivity contribution in [3.8, 4) is 0 Å². The highest BCUT2D eigenvalue weighted by Crippen LogP contribution is 2.47.